The number of aliphatic hydroxyl groups is 1. The second kappa shape index (κ2) is 8.06. The molecule has 0 saturated carbocycles. The Morgan fingerprint density at radius 3 is 2.64 bits per heavy atom. The molecular weight excluding hydrogens is 422 g/mol. The number of nitrogens with one attached hydrogen (secondary N) is 1. The molecule has 0 spiro atoms. The van der Waals surface area contributed by atoms with Crippen molar-refractivity contribution in [2.45, 2.75) is 18.9 Å². The van der Waals surface area contributed by atoms with E-state index in [0.29, 0.717) is 35.3 Å². The van der Waals surface area contributed by atoms with Crippen LogP contribution in [0.5, 0.6) is 0 Å². The molecule has 1 atom stereocenters. The molecule has 0 radical (unpaired) electrons. The van der Waals surface area contributed by atoms with Crippen LogP contribution in [-0.2, 0) is 10.4 Å². The highest BCUT2D eigenvalue weighted by molar-refractivity contribution is 5.87. The van der Waals surface area contributed by atoms with E-state index in [1.54, 1.807) is 43.8 Å². The predicted octanol–water partition coefficient (Wildman–Crippen LogP) is 2.69. The van der Waals surface area contributed by atoms with E-state index in [1.807, 2.05) is 25.1 Å². The van der Waals surface area contributed by atoms with Crippen molar-refractivity contribution in [2.75, 3.05) is 18.9 Å². The number of carbonyl (C=O) groups is 1. The molecule has 1 amide bonds. The molecule has 1 aliphatic heterocycles. The summed E-state index contributed by atoms with van der Waals surface area (Å²) in [6.45, 7) is 2.40. The van der Waals surface area contributed by atoms with E-state index in [4.69, 9.17) is 4.52 Å². The summed E-state index contributed by atoms with van der Waals surface area (Å²) >= 11 is 0. The molecule has 166 valence electrons. The zero-order valence-corrected chi connectivity index (χ0v) is 18.1. The van der Waals surface area contributed by atoms with E-state index in [1.165, 1.54) is 4.90 Å². The molecule has 33 heavy (non-hydrogen) atoms. The van der Waals surface area contributed by atoms with E-state index in [0.717, 1.165) is 11.3 Å². The lowest BCUT2D eigenvalue weighted by atomic mass is 9.98. The lowest BCUT2D eigenvalue weighted by Gasteiger charge is -2.16. The van der Waals surface area contributed by atoms with Crippen LogP contribution in [0.3, 0.4) is 0 Å². The summed E-state index contributed by atoms with van der Waals surface area (Å²) in [7, 11) is 1.64. The highest BCUT2D eigenvalue weighted by Crippen LogP contribution is 2.34. The molecule has 1 aliphatic rings. The zero-order valence-electron chi connectivity index (χ0n) is 18.1. The third-order valence-corrected chi connectivity index (χ3v) is 5.49. The van der Waals surface area contributed by atoms with Gasteiger partial charge in [-0.3, -0.25) is 9.78 Å². The molecule has 10 nitrogen and oxygen atoms in total. The number of likely N-dealkylation sites (N-methyl/N-ethyl adjacent to an activating group) is 1. The van der Waals surface area contributed by atoms with Crippen molar-refractivity contribution >= 4 is 17.5 Å². The van der Waals surface area contributed by atoms with Gasteiger partial charge in [0.1, 0.15) is 5.69 Å². The first-order chi connectivity index (χ1) is 15.9. The monoisotopic (exact) mass is 443 g/mol. The maximum atomic E-state index is 12.3. The Balaban J connectivity index is 1.42. The number of hydrogen-bond acceptors (Lipinski definition) is 9. The van der Waals surface area contributed by atoms with Crippen LogP contribution in [0.1, 0.15) is 17.7 Å². The molecule has 0 aromatic carbocycles. The number of nitrogens with zero attached hydrogens (tertiary/aromatic N) is 6. The predicted molar refractivity (Wildman–Crippen MR) is 119 cm³/mol. The second-order valence-electron chi connectivity index (χ2n) is 7.96. The largest absolute Gasteiger partial charge is 0.373 e. The minimum atomic E-state index is -1.70. The number of carbonyl (C=O) groups excluding carboxylic acids is 1. The van der Waals surface area contributed by atoms with Crippen LogP contribution in [0.4, 0.5) is 11.6 Å². The average molecular weight is 443 g/mol. The van der Waals surface area contributed by atoms with Gasteiger partial charge in [-0.1, -0.05) is 11.2 Å². The van der Waals surface area contributed by atoms with Crippen molar-refractivity contribution in [1.29, 1.82) is 0 Å². The van der Waals surface area contributed by atoms with Crippen molar-refractivity contribution < 1.29 is 14.4 Å². The van der Waals surface area contributed by atoms with Gasteiger partial charge in [-0.2, -0.15) is 0 Å². The van der Waals surface area contributed by atoms with Gasteiger partial charge < -0.3 is 19.8 Å². The maximum Gasteiger partial charge on any atom is 0.262 e. The molecule has 1 saturated heterocycles. The van der Waals surface area contributed by atoms with Gasteiger partial charge in [0.2, 0.25) is 11.5 Å². The second-order valence-corrected chi connectivity index (χ2v) is 7.96. The number of hydrogen-bond donors (Lipinski definition) is 2. The number of anilines is 2. The molecule has 5 heterocycles. The van der Waals surface area contributed by atoms with E-state index in [-0.39, 0.29) is 12.2 Å². The normalized spacial score (nSPS) is 18.0. The fourth-order valence-electron chi connectivity index (χ4n) is 3.71. The van der Waals surface area contributed by atoms with Crippen molar-refractivity contribution in [3.63, 3.8) is 0 Å². The SMILES string of the molecule is Cc1cncc(Nc2nccc(-c3cccc(-c4cc(C5(O)CCN(C)C5=O)on4)n3)n2)c1. The highest BCUT2D eigenvalue weighted by Gasteiger charge is 2.48. The maximum absolute atomic E-state index is 12.3. The van der Waals surface area contributed by atoms with Crippen LogP contribution in [-0.4, -0.2) is 54.6 Å². The molecule has 4 aromatic heterocycles. The first kappa shape index (κ1) is 20.7. The molecule has 1 unspecified atom stereocenters. The summed E-state index contributed by atoms with van der Waals surface area (Å²) in [6.07, 6.45) is 5.36. The minimum Gasteiger partial charge on any atom is -0.373 e. The number of aromatic nitrogens is 5. The Bertz CT molecular complexity index is 1340. The van der Waals surface area contributed by atoms with Gasteiger partial charge in [-0.15, -0.1) is 0 Å². The summed E-state index contributed by atoms with van der Waals surface area (Å²) in [5.41, 5.74) is 2.28. The van der Waals surface area contributed by atoms with E-state index in [2.05, 4.69) is 30.4 Å². The van der Waals surface area contributed by atoms with Gasteiger partial charge in [0.05, 0.1) is 29.0 Å². The fraction of sp³-hybridized carbons (Fsp3) is 0.217. The topological polar surface area (TPSA) is 130 Å². The van der Waals surface area contributed by atoms with Crippen LogP contribution >= 0.6 is 0 Å². The number of pyridine rings is 2. The first-order valence-corrected chi connectivity index (χ1v) is 10.4. The molecular formula is C23H21N7O3. The molecule has 4 aromatic rings. The van der Waals surface area contributed by atoms with E-state index < -0.39 is 11.5 Å². The molecule has 1 fully saturated rings. The Hall–Kier alpha value is -4.18. The van der Waals surface area contributed by atoms with Gasteiger partial charge in [-0.25, -0.2) is 15.0 Å². The Morgan fingerprint density at radius 2 is 1.88 bits per heavy atom. The van der Waals surface area contributed by atoms with E-state index >= 15 is 0 Å². The lowest BCUT2D eigenvalue weighted by molar-refractivity contribution is -0.144. The number of rotatable bonds is 5. The minimum absolute atomic E-state index is 0.110. The average Bonchev–Trinajstić information content (AvgIpc) is 3.42. The Kier molecular flexibility index (Phi) is 5.06. The zero-order chi connectivity index (χ0) is 23.0. The summed E-state index contributed by atoms with van der Waals surface area (Å²) in [4.78, 5) is 31.4. The van der Waals surface area contributed by atoms with Gasteiger partial charge in [0.25, 0.3) is 5.91 Å². The van der Waals surface area contributed by atoms with Crippen LogP contribution in [0.15, 0.2) is 59.5 Å². The number of likely N-dealkylation sites (tertiary alicyclic amines) is 1. The van der Waals surface area contributed by atoms with Crippen LogP contribution < -0.4 is 5.32 Å². The third-order valence-electron chi connectivity index (χ3n) is 5.49. The van der Waals surface area contributed by atoms with Crippen LogP contribution in [0.25, 0.3) is 22.8 Å². The summed E-state index contributed by atoms with van der Waals surface area (Å²) in [5.74, 6) is 0.123. The van der Waals surface area contributed by atoms with Gasteiger partial charge >= 0.3 is 0 Å². The smallest absolute Gasteiger partial charge is 0.262 e. The molecule has 0 aliphatic carbocycles. The molecule has 5 rings (SSSR count). The van der Waals surface area contributed by atoms with Crippen molar-refractivity contribution in [1.82, 2.24) is 30.0 Å². The van der Waals surface area contributed by atoms with Gasteiger partial charge in [0, 0.05) is 38.5 Å². The fourth-order valence-corrected chi connectivity index (χ4v) is 3.71. The third kappa shape index (κ3) is 3.92. The van der Waals surface area contributed by atoms with Crippen molar-refractivity contribution in [3.8, 4) is 22.8 Å². The standard InChI is InChI=1S/C23H21N7O3/c1-14-10-15(13-24-12-14)26-22-25-8-6-18(28-22)16-4-3-5-17(27-16)19-11-20(33-29-19)23(32)7-9-30(2)21(23)31/h3-6,8,10-13,32H,7,9H2,1-2H3,(H,25,26,28). The lowest BCUT2D eigenvalue weighted by Crippen LogP contribution is -2.35. The Morgan fingerprint density at radius 1 is 1.09 bits per heavy atom. The number of amides is 1. The highest BCUT2D eigenvalue weighted by atomic mass is 16.5. The summed E-state index contributed by atoms with van der Waals surface area (Å²) in [6, 6.07) is 10.7. The number of aryl methyl sites for hydroxylation is 1. The molecule has 2 N–H and O–H groups in total. The van der Waals surface area contributed by atoms with E-state index in [9.17, 15) is 9.90 Å². The summed E-state index contributed by atoms with van der Waals surface area (Å²) < 4.78 is 5.34. The van der Waals surface area contributed by atoms with Gasteiger partial charge in [-0.05, 0) is 36.8 Å². The van der Waals surface area contributed by atoms with Gasteiger partial charge in [0.15, 0.2) is 5.76 Å². The summed E-state index contributed by atoms with van der Waals surface area (Å²) in [5, 5.41) is 18.0. The van der Waals surface area contributed by atoms with Crippen molar-refractivity contribution in [2.24, 2.45) is 0 Å². The molecule has 0 bridgehead atoms. The van der Waals surface area contributed by atoms with Crippen LogP contribution in [0.2, 0.25) is 0 Å². The van der Waals surface area contributed by atoms with Crippen molar-refractivity contribution in [3.05, 3.63) is 66.3 Å². The van der Waals surface area contributed by atoms with Crippen LogP contribution in [0, 0.1) is 6.92 Å². The Labute approximate surface area is 189 Å². The first-order valence-electron chi connectivity index (χ1n) is 10.4. The quantitative estimate of drug-likeness (QED) is 0.478. The molecule has 10 heteroatoms.